The number of nitrogens with zero attached hydrogens (tertiary/aromatic N) is 2. The van der Waals surface area contributed by atoms with Crippen LogP contribution in [0.4, 0.5) is 17.1 Å². The van der Waals surface area contributed by atoms with Gasteiger partial charge in [-0.05, 0) is 30.3 Å². The molecule has 0 atom stereocenters. The summed E-state index contributed by atoms with van der Waals surface area (Å²) >= 11 is 0. The van der Waals surface area contributed by atoms with Gasteiger partial charge in [0, 0.05) is 57.1 Å². The maximum atomic E-state index is 13.0. The predicted octanol–water partition coefficient (Wildman–Crippen LogP) is 2.99. The van der Waals surface area contributed by atoms with Crippen molar-refractivity contribution < 1.29 is 19.1 Å². The van der Waals surface area contributed by atoms with Gasteiger partial charge in [-0.1, -0.05) is 26.0 Å². The second-order valence-corrected chi connectivity index (χ2v) is 8.27. The van der Waals surface area contributed by atoms with Crippen molar-refractivity contribution in [1.29, 1.82) is 0 Å². The van der Waals surface area contributed by atoms with E-state index in [1.54, 1.807) is 20.3 Å². The molecule has 2 amide bonds. The van der Waals surface area contributed by atoms with E-state index in [0.717, 1.165) is 43.3 Å². The number of rotatable bonds is 9. The normalized spacial score (nSPS) is 13.7. The zero-order valence-electron chi connectivity index (χ0n) is 19.9. The zero-order valence-corrected chi connectivity index (χ0v) is 19.9. The first-order valence-electron chi connectivity index (χ1n) is 11.3. The average molecular weight is 455 g/mol. The van der Waals surface area contributed by atoms with E-state index in [4.69, 9.17) is 9.47 Å². The lowest BCUT2D eigenvalue weighted by molar-refractivity contribution is -0.118. The van der Waals surface area contributed by atoms with Crippen molar-refractivity contribution in [3.8, 4) is 5.75 Å². The van der Waals surface area contributed by atoms with E-state index in [2.05, 4.69) is 26.5 Å². The van der Waals surface area contributed by atoms with Crippen molar-refractivity contribution in [2.75, 3.05) is 68.7 Å². The van der Waals surface area contributed by atoms with Gasteiger partial charge >= 0.3 is 0 Å². The van der Waals surface area contributed by atoms with Gasteiger partial charge in [0.2, 0.25) is 5.91 Å². The maximum absolute atomic E-state index is 13.0. The minimum atomic E-state index is -0.185. The first-order valence-corrected chi connectivity index (χ1v) is 11.3. The molecule has 0 unspecified atom stereocenters. The van der Waals surface area contributed by atoms with Crippen molar-refractivity contribution in [3.05, 3.63) is 48.0 Å². The number of amides is 2. The fourth-order valence-electron chi connectivity index (χ4n) is 3.80. The lowest BCUT2D eigenvalue weighted by Crippen LogP contribution is -2.47. The Kier molecular flexibility index (Phi) is 8.54. The smallest absolute Gasteiger partial charge is 0.253 e. The number of anilines is 3. The van der Waals surface area contributed by atoms with Crippen LogP contribution in [0.5, 0.6) is 5.75 Å². The topological polar surface area (TPSA) is 83.1 Å². The molecule has 2 aromatic rings. The molecule has 3 rings (SSSR count). The Labute approximate surface area is 195 Å². The minimum Gasteiger partial charge on any atom is -0.495 e. The number of piperazine rings is 1. The van der Waals surface area contributed by atoms with Gasteiger partial charge in [0.25, 0.3) is 5.91 Å². The lowest BCUT2D eigenvalue weighted by Gasteiger charge is -2.38. The van der Waals surface area contributed by atoms with Gasteiger partial charge in [-0.3, -0.25) is 9.59 Å². The molecule has 0 aliphatic carbocycles. The molecule has 1 aliphatic heterocycles. The first-order chi connectivity index (χ1) is 15.9. The molecule has 2 N–H and O–H groups in total. The molecule has 0 radical (unpaired) electrons. The van der Waals surface area contributed by atoms with E-state index in [9.17, 15) is 9.59 Å². The molecule has 1 aliphatic rings. The summed E-state index contributed by atoms with van der Waals surface area (Å²) in [5.74, 6) is 0.440. The van der Waals surface area contributed by atoms with Crippen LogP contribution in [0.2, 0.25) is 0 Å². The van der Waals surface area contributed by atoms with Gasteiger partial charge in [-0.15, -0.1) is 0 Å². The maximum Gasteiger partial charge on any atom is 0.253 e. The van der Waals surface area contributed by atoms with E-state index in [1.807, 2.05) is 44.2 Å². The predicted molar refractivity (Wildman–Crippen MR) is 132 cm³/mol. The molecule has 2 aromatic carbocycles. The van der Waals surface area contributed by atoms with Crippen LogP contribution in [-0.4, -0.2) is 65.4 Å². The van der Waals surface area contributed by atoms with Gasteiger partial charge in [-0.25, -0.2) is 0 Å². The van der Waals surface area contributed by atoms with Crippen LogP contribution in [0.15, 0.2) is 42.5 Å². The largest absolute Gasteiger partial charge is 0.495 e. The Balaban J connectivity index is 1.79. The van der Waals surface area contributed by atoms with Crippen molar-refractivity contribution in [1.82, 2.24) is 5.32 Å². The van der Waals surface area contributed by atoms with Crippen molar-refractivity contribution in [2.45, 2.75) is 13.8 Å². The molecule has 0 saturated carbocycles. The monoisotopic (exact) mass is 454 g/mol. The van der Waals surface area contributed by atoms with Gasteiger partial charge in [0.1, 0.15) is 5.75 Å². The number of para-hydroxylation sites is 2. The highest BCUT2D eigenvalue weighted by Crippen LogP contribution is 2.31. The van der Waals surface area contributed by atoms with E-state index in [-0.39, 0.29) is 17.7 Å². The van der Waals surface area contributed by atoms with E-state index < -0.39 is 0 Å². The summed E-state index contributed by atoms with van der Waals surface area (Å²) in [7, 11) is 3.28. The Hall–Kier alpha value is -3.26. The number of hydrogen-bond acceptors (Lipinski definition) is 6. The van der Waals surface area contributed by atoms with E-state index in [1.165, 1.54) is 0 Å². The van der Waals surface area contributed by atoms with E-state index in [0.29, 0.717) is 24.4 Å². The Morgan fingerprint density at radius 2 is 1.64 bits per heavy atom. The fourth-order valence-corrected chi connectivity index (χ4v) is 3.80. The number of nitrogens with one attached hydrogen (secondary N) is 2. The SMILES string of the molecule is COCCNC(=O)c1cc(NC(=O)C(C)C)ccc1N1CCN(c2ccccc2OC)CC1. The van der Waals surface area contributed by atoms with Gasteiger partial charge in [0.15, 0.2) is 0 Å². The van der Waals surface area contributed by atoms with Crippen molar-refractivity contribution in [3.63, 3.8) is 0 Å². The highest BCUT2D eigenvalue weighted by molar-refractivity contribution is 6.02. The van der Waals surface area contributed by atoms with Crippen LogP contribution in [0.1, 0.15) is 24.2 Å². The van der Waals surface area contributed by atoms with Crippen LogP contribution >= 0.6 is 0 Å². The molecule has 1 saturated heterocycles. The third-order valence-corrected chi connectivity index (χ3v) is 5.67. The molecule has 0 aromatic heterocycles. The van der Waals surface area contributed by atoms with Crippen LogP contribution in [-0.2, 0) is 9.53 Å². The number of methoxy groups -OCH3 is 2. The van der Waals surface area contributed by atoms with Gasteiger partial charge in [-0.2, -0.15) is 0 Å². The summed E-state index contributed by atoms with van der Waals surface area (Å²) in [6.45, 7) is 7.64. The molecule has 1 fully saturated rings. The van der Waals surface area contributed by atoms with Crippen LogP contribution < -0.4 is 25.2 Å². The third-order valence-electron chi connectivity index (χ3n) is 5.67. The zero-order chi connectivity index (χ0) is 23.8. The Bertz CT molecular complexity index is 955. The molecule has 0 bridgehead atoms. The Morgan fingerprint density at radius 3 is 2.27 bits per heavy atom. The highest BCUT2D eigenvalue weighted by Gasteiger charge is 2.24. The molecular weight excluding hydrogens is 420 g/mol. The molecule has 1 heterocycles. The quantitative estimate of drug-likeness (QED) is 0.567. The average Bonchev–Trinajstić information content (AvgIpc) is 2.84. The first kappa shape index (κ1) is 24.4. The summed E-state index contributed by atoms with van der Waals surface area (Å²) in [5, 5.41) is 5.79. The van der Waals surface area contributed by atoms with Crippen LogP contribution in [0.25, 0.3) is 0 Å². The van der Waals surface area contributed by atoms with Crippen molar-refractivity contribution >= 4 is 28.9 Å². The highest BCUT2D eigenvalue weighted by atomic mass is 16.5. The van der Waals surface area contributed by atoms with Gasteiger partial charge in [0.05, 0.1) is 25.0 Å². The molecule has 8 heteroatoms. The molecule has 33 heavy (non-hydrogen) atoms. The second kappa shape index (κ2) is 11.6. The number of carbonyl (C=O) groups excluding carboxylic acids is 2. The van der Waals surface area contributed by atoms with Gasteiger partial charge < -0.3 is 29.9 Å². The number of hydrogen-bond donors (Lipinski definition) is 2. The van der Waals surface area contributed by atoms with Crippen LogP contribution in [0.3, 0.4) is 0 Å². The minimum absolute atomic E-state index is 0.0843. The number of ether oxygens (including phenoxy) is 2. The van der Waals surface area contributed by atoms with Crippen molar-refractivity contribution in [2.24, 2.45) is 5.92 Å². The van der Waals surface area contributed by atoms with Crippen LogP contribution in [0, 0.1) is 5.92 Å². The third kappa shape index (κ3) is 6.16. The van der Waals surface area contributed by atoms with E-state index >= 15 is 0 Å². The summed E-state index contributed by atoms with van der Waals surface area (Å²) in [5.41, 5.74) is 3.08. The molecular formula is C25H34N4O4. The summed E-state index contributed by atoms with van der Waals surface area (Å²) in [6, 6.07) is 13.5. The standard InChI is InChI=1S/C25H34N4O4/c1-18(2)24(30)27-19-9-10-21(20(17-19)25(31)26-11-16-32-3)28-12-14-29(15-13-28)22-7-5-6-8-23(22)33-4/h5-10,17-18H,11-16H2,1-4H3,(H,26,31)(H,27,30). The lowest BCUT2D eigenvalue weighted by atomic mass is 10.1. The molecule has 8 nitrogen and oxygen atoms in total. The molecule has 0 spiro atoms. The number of benzene rings is 2. The number of carbonyl (C=O) groups is 2. The molecule has 178 valence electrons. The summed E-state index contributed by atoms with van der Waals surface area (Å²) in [6.07, 6.45) is 0. The Morgan fingerprint density at radius 1 is 0.970 bits per heavy atom. The summed E-state index contributed by atoms with van der Waals surface area (Å²) in [4.78, 5) is 29.7. The fraction of sp³-hybridized carbons (Fsp3) is 0.440. The summed E-state index contributed by atoms with van der Waals surface area (Å²) < 4.78 is 10.6. The second-order valence-electron chi connectivity index (χ2n) is 8.27.